The zero-order valence-electron chi connectivity index (χ0n) is 10.6. The van der Waals surface area contributed by atoms with Gasteiger partial charge in [0.15, 0.2) is 0 Å². The molecule has 1 aliphatic carbocycles. The summed E-state index contributed by atoms with van der Waals surface area (Å²) < 4.78 is 1.75. The normalized spacial score (nSPS) is 17.5. The Morgan fingerprint density at radius 2 is 1.84 bits per heavy atom. The fourth-order valence-electron chi connectivity index (χ4n) is 2.86. The van der Waals surface area contributed by atoms with Gasteiger partial charge in [-0.2, -0.15) is 5.10 Å². The molecule has 1 aromatic heterocycles. The van der Waals surface area contributed by atoms with E-state index in [0.29, 0.717) is 18.5 Å². The summed E-state index contributed by atoms with van der Waals surface area (Å²) in [7, 11) is 0. The maximum atomic E-state index is 11.6. The standard InChI is InChI=1S/C15H16N2O2/c18-14(19)15(9-4-5-10-15)13-8-11-17(16-13)12-6-2-1-3-7-12/h1-3,6-8,11H,4-5,9-10H2,(H,18,19). The van der Waals surface area contributed by atoms with E-state index in [4.69, 9.17) is 0 Å². The molecule has 3 rings (SSSR count). The molecule has 1 aliphatic rings. The van der Waals surface area contributed by atoms with Crippen LogP contribution < -0.4 is 0 Å². The highest BCUT2D eigenvalue weighted by Crippen LogP contribution is 2.40. The molecule has 4 heteroatoms. The number of aliphatic carboxylic acids is 1. The van der Waals surface area contributed by atoms with Gasteiger partial charge in [0, 0.05) is 6.20 Å². The van der Waals surface area contributed by atoms with E-state index in [0.717, 1.165) is 18.5 Å². The first kappa shape index (κ1) is 12.0. The van der Waals surface area contributed by atoms with Crippen LogP contribution in [-0.4, -0.2) is 20.9 Å². The second-order valence-corrected chi connectivity index (χ2v) is 5.08. The highest BCUT2D eigenvalue weighted by molar-refractivity contribution is 5.81. The van der Waals surface area contributed by atoms with Gasteiger partial charge < -0.3 is 5.11 Å². The lowest BCUT2D eigenvalue weighted by Gasteiger charge is -2.20. The minimum Gasteiger partial charge on any atom is -0.481 e. The minimum absolute atomic E-state index is 0.682. The van der Waals surface area contributed by atoms with Gasteiger partial charge in [-0.25, -0.2) is 4.68 Å². The molecular formula is C15H16N2O2. The number of nitrogens with zero attached hydrogens (tertiary/aromatic N) is 2. The lowest BCUT2D eigenvalue weighted by molar-refractivity contribution is -0.143. The van der Waals surface area contributed by atoms with E-state index < -0.39 is 11.4 Å². The Hall–Kier alpha value is -2.10. The smallest absolute Gasteiger partial charge is 0.315 e. The molecule has 0 radical (unpaired) electrons. The number of hydrogen-bond donors (Lipinski definition) is 1. The Balaban J connectivity index is 1.99. The molecule has 2 aromatic rings. The molecule has 1 heterocycles. The average molecular weight is 256 g/mol. The number of para-hydroxylation sites is 1. The summed E-state index contributed by atoms with van der Waals surface area (Å²) in [5.41, 5.74) is 0.855. The first-order valence-electron chi connectivity index (χ1n) is 6.57. The third kappa shape index (κ3) is 1.93. The maximum absolute atomic E-state index is 11.6. The SMILES string of the molecule is O=C(O)C1(c2ccn(-c3ccccc3)n2)CCCC1. The second kappa shape index (κ2) is 4.53. The first-order valence-corrected chi connectivity index (χ1v) is 6.57. The van der Waals surface area contributed by atoms with Gasteiger partial charge in [-0.3, -0.25) is 4.79 Å². The molecule has 0 spiro atoms. The van der Waals surface area contributed by atoms with E-state index in [1.807, 2.05) is 42.6 Å². The molecule has 0 bridgehead atoms. The van der Waals surface area contributed by atoms with Crippen LogP contribution in [0.5, 0.6) is 0 Å². The van der Waals surface area contributed by atoms with Gasteiger partial charge in [0.25, 0.3) is 0 Å². The third-order valence-electron chi connectivity index (χ3n) is 3.97. The summed E-state index contributed by atoms with van der Waals surface area (Å²) in [6.45, 7) is 0. The molecule has 19 heavy (non-hydrogen) atoms. The first-order chi connectivity index (χ1) is 9.22. The van der Waals surface area contributed by atoms with Crippen LogP contribution >= 0.6 is 0 Å². The molecule has 0 amide bonds. The maximum Gasteiger partial charge on any atom is 0.315 e. The van der Waals surface area contributed by atoms with Crippen molar-refractivity contribution in [3.05, 3.63) is 48.3 Å². The predicted octanol–water partition coefficient (Wildman–Crippen LogP) is 2.77. The van der Waals surface area contributed by atoms with E-state index in [-0.39, 0.29) is 0 Å². The number of carboxylic acid groups (broad SMARTS) is 1. The number of carboxylic acids is 1. The second-order valence-electron chi connectivity index (χ2n) is 5.08. The van der Waals surface area contributed by atoms with Crippen LogP contribution in [0.3, 0.4) is 0 Å². The quantitative estimate of drug-likeness (QED) is 0.918. The van der Waals surface area contributed by atoms with Crippen LogP contribution in [-0.2, 0) is 10.2 Å². The Bertz CT molecular complexity index is 583. The van der Waals surface area contributed by atoms with Crippen molar-refractivity contribution in [3.8, 4) is 5.69 Å². The predicted molar refractivity (Wildman–Crippen MR) is 71.3 cm³/mol. The lowest BCUT2D eigenvalue weighted by atomic mass is 9.83. The number of hydrogen-bond acceptors (Lipinski definition) is 2. The summed E-state index contributed by atoms with van der Waals surface area (Å²) in [5, 5.41) is 14.0. The van der Waals surface area contributed by atoms with Crippen molar-refractivity contribution >= 4 is 5.97 Å². The monoisotopic (exact) mass is 256 g/mol. The van der Waals surface area contributed by atoms with Crippen LogP contribution in [0.4, 0.5) is 0 Å². The summed E-state index contributed by atoms with van der Waals surface area (Å²) in [5.74, 6) is -0.747. The van der Waals surface area contributed by atoms with Crippen LogP contribution in [0.15, 0.2) is 42.6 Å². The summed E-state index contributed by atoms with van der Waals surface area (Å²) in [6.07, 6.45) is 5.14. The number of benzene rings is 1. The lowest BCUT2D eigenvalue weighted by Crippen LogP contribution is -2.33. The number of aromatic nitrogens is 2. The van der Waals surface area contributed by atoms with E-state index in [1.54, 1.807) is 4.68 Å². The van der Waals surface area contributed by atoms with E-state index in [1.165, 1.54) is 0 Å². The zero-order chi connectivity index (χ0) is 13.3. The highest BCUT2D eigenvalue weighted by atomic mass is 16.4. The molecule has 1 aromatic carbocycles. The number of carbonyl (C=O) groups is 1. The van der Waals surface area contributed by atoms with Crippen molar-refractivity contribution in [2.45, 2.75) is 31.1 Å². The van der Waals surface area contributed by atoms with Crippen molar-refractivity contribution in [3.63, 3.8) is 0 Å². The average Bonchev–Trinajstić information content (AvgIpc) is 3.09. The van der Waals surface area contributed by atoms with Gasteiger partial charge in [-0.1, -0.05) is 31.0 Å². The molecule has 0 atom stereocenters. The Morgan fingerprint density at radius 1 is 1.16 bits per heavy atom. The van der Waals surface area contributed by atoms with Crippen LogP contribution in [0.2, 0.25) is 0 Å². The Kier molecular flexibility index (Phi) is 2.85. The topological polar surface area (TPSA) is 55.1 Å². The summed E-state index contributed by atoms with van der Waals surface area (Å²) >= 11 is 0. The molecule has 1 N–H and O–H groups in total. The summed E-state index contributed by atoms with van der Waals surface area (Å²) in [4.78, 5) is 11.6. The molecule has 0 saturated heterocycles. The molecule has 4 nitrogen and oxygen atoms in total. The molecule has 0 unspecified atom stereocenters. The van der Waals surface area contributed by atoms with Crippen molar-refractivity contribution in [2.75, 3.05) is 0 Å². The molecule has 98 valence electrons. The van der Waals surface area contributed by atoms with Gasteiger partial charge >= 0.3 is 5.97 Å². The van der Waals surface area contributed by atoms with Crippen LogP contribution in [0, 0.1) is 0 Å². The fraction of sp³-hybridized carbons (Fsp3) is 0.333. The van der Waals surface area contributed by atoms with Crippen molar-refractivity contribution in [2.24, 2.45) is 0 Å². The minimum atomic E-state index is -0.778. The molecule has 1 saturated carbocycles. The van der Waals surface area contributed by atoms with Crippen LogP contribution in [0.25, 0.3) is 5.69 Å². The Morgan fingerprint density at radius 3 is 2.47 bits per heavy atom. The van der Waals surface area contributed by atoms with Crippen molar-refractivity contribution < 1.29 is 9.90 Å². The number of rotatable bonds is 3. The van der Waals surface area contributed by atoms with E-state index in [2.05, 4.69) is 5.10 Å². The van der Waals surface area contributed by atoms with Gasteiger partial charge in [-0.15, -0.1) is 0 Å². The van der Waals surface area contributed by atoms with Gasteiger partial charge in [0.1, 0.15) is 5.41 Å². The van der Waals surface area contributed by atoms with Gasteiger partial charge in [-0.05, 0) is 31.0 Å². The van der Waals surface area contributed by atoms with E-state index in [9.17, 15) is 9.90 Å². The Labute approximate surface area is 111 Å². The van der Waals surface area contributed by atoms with E-state index >= 15 is 0 Å². The van der Waals surface area contributed by atoms with Crippen molar-refractivity contribution in [1.82, 2.24) is 9.78 Å². The van der Waals surface area contributed by atoms with Gasteiger partial charge in [0.2, 0.25) is 0 Å². The third-order valence-corrected chi connectivity index (χ3v) is 3.97. The van der Waals surface area contributed by atoms with Crippen LogP contribution in [0.1, 0.15) is 31.4 Å². The van der Waals surface area contributed by atoms with Gasteiger partial charge in [0.05, 0.1) is 11.4 Å². The zero-order valence-corrected chi connectivity index (χ0v) is 10.6. The molecule has 1 fully saturated rings. The summed E-state index contributed by atoms with van der Waals surface area (Å²) in [6, 6.07) is 11.6. The highest BCUT2D eigenvalue weighted by Gasteiger charge is 2.44. The fourth-order valence-corrected chi connectivity index (χ4v) is 2.86. The van der Waals surface area contributed by atoms with Crippen molar-refractivity contribution in [1.29, 1.82) is 0 Å². The molecular weight excluding hydrogens is 240 g/mol. The largest absolute Gasteiger partial charge is 0.481 e. The molecule has 0 aliphatic heterocycles.